The Labute approximate surface area is 110 Å². The van der Waals surface area contributed by atoms with E-state index in [-0.39, 0.29) is 0 Å². The molecule has 1 atom stereocenters. The molecule has 0 aliphatic carbocycles. The second kappa shape index (κ2) is 6.69. The van der Waals surface area contributed by atoms with E-state index in [1.165, 1.54) is 25.7 Å². The van der Waals surface area contributed by atoms with E-state index in [9.17, 15) is 0 Å². The first-order valence-corrected chi connectivity index (χ1v) is 7.06. The van der Waals surface area contributed by atoms with E-state index in [0.29, 0.717) is 6.04 Å². The maximum Gasteiger partial charge on any atom is 0.132 e. The highest BCUT2D eigenvalue weighted by Crippen LogP contribution is 2.15. The number of nitrogens with zero attached hydrogens (tertiary/aromatic N) is 3. The van der Waals surface area contributed by atoms with Crippen molar-refractivity contribution in [1.29, 1.82) is 0 Å². The number of aryl methyl sites for hydroxylation is 1. The van der Waals surface area contributed by atoms with Gasteiger partial charge in [0.25, 0.3) is 0 Å². The third-order valence-electron chi connectivity index (χ3n) is 3.50. The van der Waals surface area contributed by atoms with Gasteiger partial charge in [-0.3, -0.25) is 0 Å². The van der Waals surface area contributed by atoms with Gasteiger partial charge in [-0.25, -0.2) is 9.97 Å². The second-order valence-corrected chi connectivity index (χ2v) is 5.11. The first-order chi connectivity index (χ1) is 8.79. The van der Waals surface area contributed by atoms with Crippen molar-refractivity contribution in [2.45, 2.75) is 45.6 Å². The highest BCUT2D eigenvalue weighted by atomic mass is 15.2. The monoisotopic (exact) mass is 248 g/mol. The molecule has 0 amide bonds. The summed E-state index contributed by atoms with van der Waals surface area (Å²) in [5, 5.41) is 3.56. The molecule has 1 N–H and O–H groups in total. The molecule has 1 aromatic heterocycles. The van der Waals surface area contributed by atoms with Gasteiger partial charge in [-0.15, -0.1) is 0 Å². The van der Waals surface area contributed by atoms with Gasteiger partial charge in [0.1, 0.15) is 12.1 Å². The fourth-order valence-electron chi connectivity index (χ4n) is 2.44. The number of nitrogens with one attached hydrogen (secondary N) is 1. The van der Waals surface area contributed by atoms with Crippen molar-refractivity contribution in [3.8, 4) is 0 Å². The minimum atomic E-state index is 0.622. The van der Waals surface area contributed by atoms with Crippen LogP contribution in [0.4, 0.5) is 5.82 Å². The van der Waals surface area contributed by atoms with Crippen LogP contribution >= 0.6 is 0 Å². The van der Waals surface area contributed by atoms with Crippen LogP contribution in [0.15, 0.2) is 12.4 Å². The summed E-state index contributed by atoms with van der Waals surface area (Å²) in [6.07, 6.45) is 6.70. The molecule has 0 aromatic carbocycles. The standard InChI is InChI=1S/C14H24N4/c1-3-4-8-18(10-13-6-5-7-15-13)14-9-12(2)16-11-17-14/h9,11,13,15H,3-8,10H2,1-2H3. The van der Waals surface area contributed by atoms with Crippen LogP contribution in [0.2, 0.25) is 0 Å². The summed E-state index contributed by atoms with van der Waals surface area (Å²) >= 11 is 0. The average Bonchev–Trinajstić information content (AvgIpc) is 2.87. The first kappa shape index (κ1) is 13.3. The lowest BCUT2D eigenvalue weighted by molar-refractivity contribution is 0.568. The third-order valence-corrected chi connectivity index (χ3v) is 3.50. The molecule has 4 nitrogen and oxygen atoms in total. The Kier molecular flexibility index (Phi) is 4.93. The van der Waals surface area contributed by atoms with E-state index in [4.69, 9.17) is 0 Å². The first-order valence-electron chi connectivity index (χ1n) is 7.06. The highest BCUT2D eigenvalue weighted by Gasteiger charge is 2.18. The molecule has 4 heteroatoms. The normalized spacial score (nSPS) is 19.1. The van der Waals surface area contributed by atoms with Crippen molar-refractivity contribution in [1.82, 2.24) is 15.3 Å². The Morgan fingerprint density at radius 3 is 3.00 bits per heavy atom. The molecule has 0 bridgehead atoms. The molecule has 1 aliphatic heterocycles. The topological polar surface area (TPSA) is 41.0 Å². The summed E-state index contributed by atoms with van der Waals surface area (Å²) in [6.45, 7) is 7.57. The van der Waals surface area contributed by atoms with Crippen LogP contribution in [-0.4, -0.2) is 35.6 Å². The van der Waals surface area contributed by atoms with Crippen LogP contribution in [0.1, 0.15) is 38.3 Å². The van der Waals surface area contributed by atoms with Gasteiger partial charge in [0.15, 0.2) is 0 Å². The minimum Gasteiger partial charge on any atom is -0.355 e. The van der Waals surface area contributed by atoms with E-state index in [1.54, 1.807) is 6.33 Å². The van der Waals surface area contributed by atoms with Crippen LogP contribution in [0, 0.1) is 6.92 Å². The molecular weight excluding hydrogens is 224 g/mol. The number of rotatable bonds is 6. The lowest BCUT2D eigenvalue weighted by Gasteiger charge is -2.26. The quantitative estimate of drug-likeness (QED) is 0.837. The number of anilines is 1. The lowest BCUT2D eigenvalue weighted by Crippen LogP contribution is -2.38. The van der Waals surface area contributed by atoms with Crippen LogP contribution in [0.25, 0.3) is 0 Å². The molecule has 2 heterocycles. The highest BCUT2D eigenvalue weighted by molar-refractivity contribution is 5.38. The summed E-state index contributed by atoms with van der Waals surface area (Å²) in [4.78, 5) is 11.0. The molecule has 1 saturated heterocycles. The van der Waals surface area contributed by atoms with Crippen molar-refractivity contribution in [3.05, 3.63) is 18.1 Å². The van der Waals surface area contributed by atoms with Crippen LogP contribution in [-0.2, 0) is 0 Å². The molecule has 100 valence electrons. The number of unbranched alkanes of at least 4 members (excludes halogenated alkanes) is 1. The molecule has 1 aliphatic rings. The van der Waals surface area contributed by atoms with Crippen LogP contribution in [0.5, 0.6) is 0 Å². The van der Waals surface area contributed by atoms with Crippen molar-refractivity contribution in [3.63, 3.8) is 0 Å². The summed E-state index contributed by atoms with van der Waals surface area (Å²) in [6, 6.07) is 2.71. The van der Waals surface area contributed by atoms with E-state index in [2.05, 4.69) is 33.2 Å². The SMILES string of the molecule is CCCCN(CC1CCCN1)c1cc(C)ncn1. The summed E-state index contributed by atoms with van der Waals surface area (Å²) in [5.74, 6) is 1.07. The summed E-state index contributed by atoms with van der Waals surface area (Å²) in [5.41, 5.74) is 1.04. The molecule has 0 radical (unpaired) electrons. The molecule has 2 rings (SSSR count). The van der Waals surface area contributed by atoms with E-state index < -0.39 is 0 Å². The molecule has 0 saturated carbocycles. The van der Waals surface area contributed by atoms with Crippen molar-refractivity contribution < 1.29 is 0 Å². The van der Waals surface area contributed by atoms with Gasteiger partial charge in [0.05, 0.1) is 0 Å². The molecular formula is C14H24N4. The van der Waals surface area contributed by atoms with Gasteiger partial charge in [0.2, 0.25) is 0 Å². The van der Waals surface area contributed by atoms with Gasteiger partial charge in [-0.1, -0.05) is 13.3 Å². The largest absolute Gasteiger partial charge is 0.355 e. The van der Waals surface area contributed by atoms with E-state index in [1.807, 2.05) is 6.92 Å². The van der Waals surface area contributed by atoms with E-state index >= 15 is 0 Å². The molecule has 1 aromatic rings. The van der Waals surface area contributed by atoms with Crippen LogP contribution in [0.3, 0.4) is 0 Å². The Morgan fingerprint density at radius 2 is 2.33 bits per heavy atom. The predicted molar refractivity (Wildman–Crippen MR) is 74.9 cm³/mol. The van der Waals surface area contributed by atoms with E-state index in [0.717, 1.165) is 31.1 Å². The fraction of sp³-hybridized carbons (Fsp3) is 0.714. The molecule has 1 fully saturated rings. The summed E-state index contributed by atoms with van der Waals surface area (Å²) in [7, 11) is 0. The van der Waals surface area contributed by atoms with Crippen molar-refractivity contribution in [2.24, 2.45) is 0 Å². The summed E-state index contributed by atoms with van der Waals surface area (Å²) < 4.78 is 0. The number of aromatic nitrogens is 2. The second-order valence-electron chi connectivity index (χ2n) is 5.11. The lowest BCUT2D eigenvalue weighted by atomic mass is 10.2. The Balaban J connectivity index is 2.03. The van der Waals surface area contributed by atoms with Gasteiger partial charge < -0.3 is 10.2 Å². The fourth-order valence-corrected chi connectivity index (χ4v) is 2.44. The molecule has 18 heavy (non-hydrogen) atoms. The van der Waals surface area contributed by atoms with Crippen molar-refractivity contribution in [2.75, 3.05) is 24.5 Å². The minimum absolute atomic E-state index is 0.622. The number of hydrogen-bond donors (Lipinski definition) is 1. The zero-order valence-corrected chi connectivity index (χ0v) is 11.5. The van der Waals surface area contributed by atoms with Gasteiger partial charge in [-0.05, 0) is 32.7 Å². The van der Waals surface area contributed by atoms with Gasteiger partial charge in [0, 0.05) is 30.9 Å². The average molecular weight is 248 g/mol. The maximum absolute atomic E-state index is 4.42. The Hall–Kier alpha value is -1.16. The third kappa shape index (κ3) is 3.67. The zero-order chi connectivity index (χ0) is 12.8. The smallest absolute Gasteiger partial charge is 0.132 e. The Morgan fingerprint density at radius 1 is 1.44 bits per heavy atom. The Bertz CT molecular complexity index is 361. The predicted octanol–water partition coefficient (Wildman–Crippen LogP) is 2.14. The zero-order valence-electron chi connectivity index (χ0n) is 11.5. The molecule has 0 spiro atoms. The van der Waals surface area contributed by atoms with Crippen molar-refractivity contribution >= 4 is 5.82 Å². The number of hydrogen-bond acceptors (Lipinski definition) is 4. The maximum atomic E-state index is 4.42. The molecule has 1 unspecified atom stereocenters. The van der Waals surface area contributed by atoms with Gasteiger partial charge >= 0.3 is 0 Å². The van der Waals surface area contributed by atoms with Gasteiger partial charge in [-0.2, -0.15) is 0 Å². The van der Waals surface area contributed by atoms with Crippen LogP contribution < -0.4 is 10.2 Å².